The molecule has 1 aromatic rings. The molecule has 1 amide bonds. The van der Waals surface area contributed by atoms with Crippen LogP contribution >= 0.6 is 15.9 Å². The van der Waals surface area contributed by atoms with Crippen LogP contribution in [0.4, 0.5) is 0 Å². The average molecular weight is 361 g/mol. The van der Waals surface area contributed by atoms with Crippen molar-refractivity contribution in [1.82, 2.24) is 10.0 Å². The van der Waals surface area contributed by atoms with E-state index in [1.165, 1.54) is 12.1 Å². The predicted molar refractivity (Wildman–Crippen MR) is 80.0 cm³/mol. The van der Waals surface area contributed by atoms with Gasteiger partial charge in [-0.05, 0) is 37.5 Å². The fourth-order valence-corrected chi connectivity index (χ4v) is 3.24. The summed E-state index contributed by atoms with van der Waals surface area (Å²) in [5, 5.41) is 3.44. The molecule has 20 heavy (non-hydrogen) atoms. The third-order valence-corrected chi connectivity index (χ3v) is 5.24. The summed E-state index contributed by atoms with van der Waals surface area (Å²) in [4.78, 5) is 11.9. The second-order valence-electron chi connectivity index (χ2n) is 4.90. The monoisotopic (exact) mass is 360 g/mol. The SMILES string of the molecule is CC(NS(=O)(=O)c1ccc(CBr)cc1)C(=O)NC1CC1. The van der Waals surface area contributed by atoms with Gasteiger partial charge in [0.05, 0.1) is 10.9 Å². The molecule has 2 rings (SSSR count). The van der Waals surface area contributed by atoms with Gasteiger partial charge in [0, 0.05) is 11.4 Å². The number of nitrogens with one attached hydrogen (secondary N) is 2. The molecule has 1 unspecified atom stereocenters. The van der Waals surface area contributed by atoms with Gasteiger partial charge < -0.3 is 5.32 Å². The Morgan fingerprint density at radius 1 is 1.35 bits per heavy atom. The molecule has 1 fully saturated rings. The number of rotatable bonds is 6. The van der Waals surface area contributed by atoms with Gasteiger partial charge in [0.2, 0.25) is 15.9 Å². The second-order valence-corrected chi connectivity index (χ2v) is 7.18. The van der Waals surface area contributed by atoms with Crippen LogP contribution in [0, 0.1) is 0 Å². The van der Waals surface area contributed by atoms with E-state index in [-0.39, 0.29) is 16.8 Å². The van der Waals surface area contributed by atoms with E-state index in [0.717, 1.165) is 18.4 Å². The number of alkyl halides is 1. The third kappa shape index (κ3) is 4.04. The highest BCUT2D eigenvalue weighted by Crippen LogP contribution is 2.19. The number of sulfonamides is 1. The minimum absolute atomic E-state index is 0.160. The lowest BCUT2D eigenvalue weighted by Crippen LogP contribution is -2.45. The topological polar surface area (TPSA) is 75.3 Å². The van der Waals surface area contributed by atoms with Crippen molar-refractivity contribution in [1.29, 1.82) is 0 Å². The largest absolute Gasteiger partial charge is 0.352 e. The first-order chi connectivity index (χ1) is 9.42. The molecule has 5 nitrogen and oxygen atoms in total. The second kappa shape index (κ2) is 6.24. The Morgan fingerprint density at radius 3 is 2.45 bits per heavy atom. The molecule has 1 aromatic carbocycles. The Hall–Kier alpha value is -0.920. The lowest BCUT2D eigenvalue weighted by Gasteiger charge is -2.14. The molecule has 1 aliphatic carbocycles. The first-order valence-corrected chi connectivity index (χ1v) is 9.00. The van der Waals surface area contributed by atoms with Gasteiger partial charge in [-0.3, -0.25) is 4.79 Å². The highest BCUT2D eigenvalue weighted by molar-refractivity contribution is 9.08. The number of carbonyl (C=O) groups excluding carboxylic acids is 1. The molecule has 0 heterocycles. The van der Waals surface area contributed by atoms with E-state index in [1.54, 1.807) is 19.1 Å². The van der Waals surface area contributed by atoms with Gasteiger partial charge >= 0.3 is 0 Å². The zero-order valence-electron chi connectivity index (χ0n) is 11.1. The molecule has 7 heteroatoms. The van der Waals surface area contributed by atoms with Crippen molar-refractivity contribution in [3.8, 4) is 0 Å². The molecule has 0 aromatic heterocycles. The molecular formula is C13H17BrN2O3S. The summed E-state index contributed by atoms with van der Waals surface area (Å²) in [5.74, 6) is -0.284. The highest BCUT2D eigenvalue weighted by Gasteiger charge is 2.27. The number of amides is 1. The Bertz CT molecular complexity index is 582. The Labute approximate surface area is 127 Å². The summed E-state index contributed by atoms with van der Waals surface area (Å²) in [7, 11) is -3.67. The summed E-state index contributed by atoms with van der Waals surface area (Å²) in [5.41, 5.74) is 0.989. The van der Waals surface area contributed by atoms with Gasteiger partial charge in [0.25, 0.3) is 0 Å². The Kier molecular flexibility index (Phi) is 4.82. The van der Waals surface area contributed by atoms with E-state index in [4.69, 9.17) is 0 Å². The van der Waals surface area contributed by atoms with E-state index in [0.29, 0.717) is 5.33 Å². The molecule has 0 bridgehead atoms. The summed E-state index contributed by atoms with van der Waals surface area (Å²) in [6.07, 6.45) is 1.94. The Morgan fingerprint density at radius 2 is 1.95 bits per heavy atom. The van der Waals surface area contributed by atoms with Crippen LogP contribution in [-0.2, 0) is 20.1 Å². The maximum atomic E-state index is 12.1. The van der Waals surface area contributed by atoms with Crippen molar-refractivity contribution < 1.29 is 13.2 Å². The maximum absolute atomic E-state index is 12.1. The first kappa shape index (κ1) is 15.5. The molecule has 0 aliphatic heterocycles. The van der Waals surface area contributed by atoms with Crippen LogP contribution in [0.5, 0.6) is 0 Å². The molecule has 0 saturated heterocycles. The Balaban J connectivity index is 2.03. The van der Waals surface area contributed by atoms with Crippen molar-refractivity contribution in [3.63, 3.8) is 0 Å². The zero-order valence-corrected chi connectivity index (χ0v) is 13.5. The van der Waals surface area contributed by atoms with E-state index in [9.17, 15) is 13.2 Å². The van der Waals surface area contributed by atoms with Crippen LogP contribution in [0.1, 0.15) is 25.3 Å². The van der Waals surface area contributed by atoms with E-state index in [1.807, 2.05) is 0 Å². The summed E-state index contributed by atoms with van der Waals surface area (Å²) in [6.45, 7) is 1.54. The standard InChI is InChI=1S/C13H17BrN2O3S/c1-9(13(17)15-11-4-5-11)16-20(18,19)12-6-2-10(8-14)3-7-12/h2-3,6-7,9,11,16H,4-5,8H2,1H3,(H,15,17). The summed E-state index contributed by atoms with van der Waals surface area (Å²) < 4.78 is 26.7. The van der Waals surface area contributed by atoms with Crippen LogP contribution in [0.25, 0.3) is 0 Å². The lowest BCUT2D eigenvalue weighted by molar-refractivity contribution is -0.122. The van der Waals surface area contributed by atoms with Gasteiger partial charge in [0.1, 0.15) is 0 Å². The van der Waals surface area contributed by atoms with Crippen molar-refractivity contribution >= 4 is 31.9 Å². The number of hydrogen-bond donors (Lipinski definition) is 2. The van der Waals surface area contributed by atoms with E-state index < -0.39 is 16.1 Å². The molecule has 110 valence electrons. The molecule has 1 saturated carbocycles. The molecule has 0 spiro atoms. The average Bonchev–Trinajstić information content (AvgIpc) is 3.22. The van der Waals surface area contributed by atoms with Crippen molar-refractivity contribution in [2.24, 2.45) is 0 Å². The van der Waals surface area contributed by atoms with Gasteiger partial charge in [0.15, 0.2) is 0 Å². The van der Waals surface area contributed by atoms with Crippen LogP contribution in [0.2, 0.25) is 0 Å². The number of carbonyl (C=O) groups is 1. The van der Waals surface area contributed by atoms with Gasteiger partial charge in [-0.2, -0.15) is 4.72 Å². The molecular weight excluding hydrogens is 344 g/mol. The van der Waals surface area contributed by atoms with Crippen molar-refractivity contribution in [2.75, 3.05) is 0 Å². The van der Waals surface area contributed by atoms with E-state index >= 15 is 0 Å². The van der Waals surface area contributed by atoms with Crippen LogP contribution in [0.15, 0.2) is 29.2 Å². The third-order valence-electron chi connectivity index (χ3n) is 3.04. The first-order valence-electron chi connectivity index (χ1n) is 6.40. The van der Waals surface area contributed by atoms with E-state index in [2.05, 4.69) is 26.0 Å². The van der Waals surface area contributed by atoms with Crippen molar-refractivity contribution in [3.05, 3.63) is 29.8 Å². The van der Waals surface area contributed by atoms with Crippen molar-refractivity contribution in [2.45, 2.75) is 42.1 Å². The summed E-state index contributed by atoms with van der Waals surface area (Å²) in [6, 6.07) is 5.97. The number of benzene rings is 1. The van der Waals surface area contributed by atoms with Gasteiger partial charge in [-0.15, -0.1) is 0 Å². The molecule has 0 radical (unpaired) electrons. The lowest BCUT2D eigenvalue weighted by atomic mass is 10.2. The van der Waals surface area contributed by atoms with Crippen LogP contribution in [-0.4, -0.2) is 26.4 Å². The minimum atomic E-state index is -3.67. The molecule has 1 aliphatic rings. The zero-order chi connectivity index (χ0) is 14.8. The fraction of sp³-hybridized carbons (Fsp3) is 0.462. The van der Waals surface area contributed by atoms with Crippen LogP contribution in [0.3, 0.4) is 0 Å². The fourth-order valence-electron chi connectivity index (χ4n) is 1.67. The molecule has 1 atom stereocenters. The smallest absolute Gasteiger partial charge is 0.241 e. The van der Waals surface area contributed by atoms with Gasteiger partial charge in [-0.25, -0.2) is 8.42 Å². The van der Waals surface area contributed by atoms with Gasteiger partial charge in [-0.1, -0.05) is 28.1 Å². The minimum Gasteiger partial charge on any atom is -0.352 e. The quantitative estimate of drug-likeness (QED) is 0.755. The predicted octanol–water partition coefficient (Wildman–Crippen LogP) is 1.53. The maximum Gasteiger partial charge on any atom is 0.241 e. The summed E-state index contributed by atoms with van der Waals surface area (Å²) >= 11 is 3.30. The highest BCUT2D eigenvalue weighted by atomic mass is 79.9. The molecule has 2 N–H and O–H groups in total. The normalized spacial score (nSPS) is 16.7. The number of halogens is 1. The number of hydrogen-bond acceptors (Lipinski definition) is 3. The van der Waals surface area contributed by atoms with Crippen LogP contribution < -0.4 is 10.0 Å².